The van der Waals surface area contributed by atoms with E-state index in [0.717, 1.165) is 5.56 Å². The lowest BCUT2D eigenvalue weighted by molar-refractivity contribution is 0.260. The van der Waals surface area contributed by atoms with Crippen molar-refractivity contribution < 1.29 is 13.9 Å². The Morgan fingerprint density at radius 2 is 1.88 bits per heavy atom. The highest BCUT2D eigenvalue weighted by molar-refractivity contribution is 5.44. The number of rotatable bonds is 4. The molecule has 0 spiro atoms. The summed E-state index contributed by atoms with van der Waals surface area (Å²) in [6, 6.07) is 5.75. The number of benzene rings is 1. The van der Waals surface area contributed by atoms with Crippen LogP contribution in [0.3, 0.4) is 0 Å². The molecule has 3 heteroatoms. The monoisotopic (exact) mass is 226 g/mol. The van der Waals surface area contributed by atoms with E-state index < -0.39 is 6.67 Å². The van der Waals surface area contributed by atoms with Gasteiger partial charge in [-0.25, -0.2) is 4.39 Å². The highest BCUT2D eigenvalue weighted by atomic mass is 19.1. The second-order valence-electron chi connectivity index (χ2n) is 4.65. The Morgan fingerprint density at radius 1 is 1.19 bits per heavy atom. The molecule has 0 heterocycles. The van der Waals surface area contributed by atoms with Crippen molar-refractivity contribution in [3.8, 4) is 11.5 Å². The lowest BCUT2D eigenvalue weighted by Gasteiger charge is -2.20. The van der Waals surface area contributed by atoms with E-state index in [1.54, 1.807) is 7.11 Å². The zero-order valence-electron chi connectivity index (χ0n) is 10.3. The van der Waals surface area contributed by atoms with Crippen molar-refractivity contribution in [1.82, 2.24) is 0 Å². The van der Waals surface area contributed by atoms with Crippen molar-refractivity contribution in [3.05, 3.63) is 23.8 Å². The van der Waals surface area contributed by atoms with Crippen LogP contribution in [0.5, 0.6) is 11.5 Å². The van der Waals surface area contributed by atoms with Crippen LogP contribution in [0, 0.1) is 0 Å². The smallest absolute Gasteiger partial charge is 0.161 e. The van der Waals surface area contributed by atoms with Crippen molar-refractivity contribution in [2.24, 2.45) is 0 Å². The minimum absolute atomic E-state index is 0.0607. The molecule has 0 aliphatic rings. The summed E-state index contributed by atoms with van der Waals surface area (Å²) in [7, 11) is 1.59. The van der Waals surface area contributed by atoms with Gasteiger partial charge in [0, 0.05) is 0 Å². The molecule has 0 radical (unpaired) electrons. The molecule has 0 N–H and O–H groups in total. The Morgan fingerprint density at radius 3 is 2.38 bits per heavy atom. The Balaban J connectivity index is 2.97. The van der Waals surface area contributed by atoms with Gasteiger partial charge in [-0.05, 0) is 23.1 Å². The van der Waals surface area contributed by atoms with E-state index in [2.05, 4.69) is 20.8 Å². The molecule has 0 atom stereocenters. The predicted molar refractivity (Wildman–Crippen MR) is 63.2 cm³/mol. The Kier molecular flexibility index (Phi) is 4.16. The fourth-order valence-corrected chi connectivity index (χ4v) is 1.40. The molecule has 0 saturated carbocycles. The van der Waals surface area contributed by atoms with E-state index in [0.29, 0.717) is 11.5 Å². The van der Waals surface area contributed by atoms with E-state index in [1.165, 1.54) is 0 Å². The topological polar surface area (TPSA) is 18.5 Å². The first-order chi connectivity index (χ1) is 7.49. The molecule has 90 valence electrons. The van der Waals surface area contributed by atoms with Gasteiger partial charge in [0.15, 0.2) is 11.5 Å². The number of alkyl halides is 1. The van der Waals surface area contributed by atoms with Crippen LogP contribution in [0.1, 0.15) is 26.3 Å². The van der Waals surface area contributed by atoms with Gasteiger partial charge in [0.25, 0.3) is 0 Å². The second-order valence-corrected chi connectivity index (χ2v) is 4.65. The fourth-order valence-electron chi connectivity index (χ4n) is 1.40. The number of hydrogen-bond acceptors (Lipinski definition) is 2. The molecule has 0 saturated heterocycles. The molecular formula is C13H19FO2. The summed E-state index contributed by atoms with van der Waals surface area (Å²) in [5, 5.41) is 0. The van der Waals surface area contributed by atoms with Crippen LogP contribution in [-0.4, -0.2) is 20.4 Å². The summed E-state index contributed by atoms with van der Waals surface area (Å²) in [5.74, 6) is 1.24. The van der Waals surface area contributed by atoms with E-state index in [9.17, 15) is 4.39 Å². The maximum Gasteiger partial charge on any atom is 0.161 e. The average Bonchev–Trinajstić information content (AvgIpc) is 2.24. The average molecular weight is 226 g/mol. The molecule has 2 nitrogen and oxygen atoms in total. The zero-order chi connectivity index (χ0) is 12.2. The molecule has 0 fully saturated rings. The number of methoxy groups -OCH3 is 1. The largest absolute Gasteiger partial charge is 0.493 e. The molecule has 0 aliphatic heterocycles. The standard InChI is InChI=1S/C13H19FO2/c1-13(2,3)10-5-6-11(16-8-7-14)12(9-10)15-4/h5-6,9H,7-8H2,1-4H3. The fraction of sp³-hybridized carbons (Fsp3) is 0.538. The molecule has 0 aliphatic carbocycles. The predicted octanol–water partition coefficient (Wildman–Crippen LogP) is 3.34. The highest BCUT2D eigenvalue weighted by Gasteiger charge is 2.16. The van der Waals surface area contributed by atoms with Crippen molar-refractivity contribution >= 4 is 0 Å². The third-order valence-corrected chi connectivity index (χ3v) is 2.36. The zero-order valence-corrected chi connectivity index (χ0v) is 10.3. The molecule has 1 aromatic rings. The Hall–Kier alpha value is -1.25. The van der Waals surface area contributed by atoms with E-state index in [1.807, 2.05) is 18.2 Å². The van der Waals surface area contributed by atoms with Crippen LogP contribution >= 0.6 is 0 Å². The van der Waals surface area contributed by atoms with Crippen LogP contribution < -0.4 is 9.47 Å². The molecule has 0 amide bonds. The van der Waals surface area contributed by atoms with E-state index >= 15 is 0 Å². The summed E-state index contributed by atoms with van der Waals surface area (Å²) in [6.45, 7) is 5.95. The SMILES string of the molecule is COc1cc(C(C)(C)C)ccc1OCCF. The minimum Gasteiger partial charge on any atom is -0.493 e. The van der Waals surface area contributed by atoms with Crippen LogP contribution in [0.4, 0.5) is 4.39 Å². The number of ether oxygens (including phenoxy) is 2. The van der Waals surface area contributed by atoms with Gasteiger partial charge in [0.05, 0.1) is 7.11 Å². The lowest BCUT2D eigenvalue weighted by Crippen LogP contribution is -2.11. The third-order valence-electron chi connectivity index (χ3n) is 2.36. The summed E-state index contributed by atoms with van der Waals surface area (Å²) in [4.78, 5) is 0. The minimum atomic E-state index is -0.496. The summed E-state index contributed by atoms with van der Waals surface area (Å²) < 4.78 is 22.5. The van der Waals surface area contributed by atoms with Gasteiger partial charge < -0.3 is 9.47 Å². The maximum atomic E-state index is 12.0. The molecule has 0 aromatic heterocycles. The van der Waals surface area contributed by atoms with E-state index in [4.69, 9.17) is 9.47 Å². The van der Waals surface area contributed by atoms with Crippen LogP contribution in [0.25, 0.3) is 0 Å². The third kappa shape index (κ3) is 3.12. The van der Waals surface area contributed by atoms with Crippen molar-refractivity contribution in [2.75, 3.05) is 20.4 Å². The molecule has 0 unspecified atom stereocenters. The first-order valence-electron chi connectivity index (χ1n) is 5.36. The molecular weight excluding hydrogens is 207 g/mol. The van der Waals surface area contributed by atoms with Gasteiger partial charge >= 0.3 is 0 Å². The van der Waals surface area contributed by atoms with Gasteiger partial charge in [0.1, 0.15) is 13.3 Å². The van der Waals surface area contributed by atoms with Gasteiger partial charge in [-0.1, -0.05) is 26.8 Å². The van der Waals surface area contributed by atoms with Crippen molar-refractivity contribution in [2.45, 2.75) is 26.2 Å². The lowest BCUT2D eigenvalue weighted by atomic mass is 9.87. The summed E-state index contributed by atoms with van der Waals surface area (Å²) >= 11 is 0. The second kappa shape index (κ2) is 5.19. The van der Waals surface area contributed by atoms with Gasteiger partial charge in [0.2, 0.25) is 0 Å². The Bertz CT molecular complexity index is 342. The van der Waals surface area contributed by atoms with E-state index in [-0.39, 0.29) is 12.0 Å². The summed E-state index contributed by atoms with van der Waals surface area (Å²) in [6.07, 6.45) is 0. The molecule has 16 heavy (non-hydrogen) atoms. The Labute approximate surface area is 96.4 Å². The van der Waals surface area contributed by atoms with Crippen LogP contribution in [-0.2, 0) is 5.41 Å². The normalized spacial score (nSPS) is 11.3. The van der Waals surface area contributed by atoms with Crippen LogP contribution in [0.15, 0.2) is 18.2 Å². The molecule has 1 aromatic carbocycles. The van der Waals surface area contributed by atoms with Gasteiger partial charge in [-0.2, -0.15) is 0 Å². The molecule has 1 rings (SSSR count). The molecule has 0 bridgehead atoms. The van der Waals surface area contributed by atoms with Crippen molar-refractivity contribution in [1.29, 1.82) is 0 Å². The van der Waals surface area contributed by atoms with Gasteiger partial charge in [-0.15, -0.1) is 0 Å². The maximum absolute atomic E-state index is 12.0. The quantitative estimate of drug-likeness (QED) is 0.784. The first-order valence-corrected chi connectivity index (χ1v) is 5.36. The number of halogens is 1. The van der Waals surface area contributed by atoms with Crippen molar-refractivity contribution in [3.63, 3.8) is 0 Å². The first kappa shape index (κ1) is 12.8. The summed E-state index contributed by atoms with van der Waals surface area (Å²) in [5.41, 5.74) is 1.23. The number of hydrogen-bond donors (Lipinski definition) is 0. The van der Waals surface area contributed by atoms with Gasteiger partial charge in [-0.3, -0.25) is 0 Å². The van der Waals surface area contributed by atoms with Crippen LogP contribution in [0.2, 0.25) is 0 Å². The highest BCUT2D eigenvalue weighted by Crippen LogP contribution is 2.32.